The highest BCUT2D eigenvalue weighted by Gasteiger charge is 2.35. The molecule has 2 N–H and O–H groups in total. The van der Waals surface area contributed by atoms with E-state index in [1.54, 1.807) is 36.3 Å². The zero-order chi connectivity index (χ0) is 19.0. The Balaban J connectivity index is 1.86. The van der Waals surface area contributed by atoms with Gasteiger partial charge in [0.2, 0.25) is 0 Å². The van der Waals surface area contributed by atoms with Gasteiger partial charge in [0.05, 0.1) is 12.7 Å². The van der Waals surface area contributed by atoms with Crippen molar-refractivity contribution in [3.63, 3.8) is 0 Å². The number of anilines is 2. The fourth-order valence-electron chi connectivity index (χ4n) is 3.32. The predicted octanol–water partition coefficient (Wildman–Crippen LogP) is 4.48. The van der Waals surface area contributed by atoms with Crippen LogP contribution in [0.3, 0.4) is 0 Å². The van der Waals surface area contributed by atoms with Crippen LogP contribution in [0.15, 0.2) is 66.7 Å². The third-order valence-corrected chi connectivity index (χ3v) is 4.77. The van der Waals surface area contributed by atoms with Gasteiger partial charge in [0, 0.05) is 23.0 Å². The molecule has 0 bridgehead atoms. The maximum atomic E-state index is 13.3. The van der Waals surface area contributed by atoms with Gasteiger partial charge in [-0.2, -0.15) is 0 Å². The summed E-state index contributed by atoms with van der Waals surface area (Å²) in [6, 6.07) is 20.2. The highest BCUT2D eigenvalue weighted by Crippen LogP contribution is 2.40. The molecule has 0 unspecified atom stereocenters. The van der Waals surface area contributed by atoms with Gasteiger partial charge in [-0.15, -0.1) is 0 Å². The summed E-state index contributed by atoms with van der Waals surface area (Å²) in [5, 5.41) is 13.9. The maximum absolute atomic E-state index is 13.3. The van der Waals surface area contributed by atoms with E-state index in [0.717, 1.165) is 16.9 Å². The molecule has 136 valence electrons. The molecule has 1 aliphatic rings. The number of hydrogen-bond donors (Lipinski definition) is 2. The lowest BCUT2D eigenvalue weighted by molar-refractivity contribution is 0.0974. The van der Waals surface area contributed by atoms with Crippen molar-refractivity contribution in [2.45, 2.75) is 13.1 Å². The fraction of sp³-hybridized carbons (Fsp3) is 0.136. The van der Waals surface area contributed by atoms with Crippen LogP contribution in [0.4, 0.5) is 11.4 Å². The number of nitrogens with zero attached hydrogens (tertiary/aromatic N) is 1. The Labute approximate surface area is 157 Å². The van der Waals surface area contributed by atoms with Crippen LogP contribution in [0.5, 0.6) is 11.5 Å². The van der Waals surface area contributed by atoms with E-state index in [2.05, 4.69) is 5.32 Å². The Hall–Kier alpha value is -3.47. The molecule has 4 rings (SSSR count). The third-order valence-electron chi connectivity index (χ3n) is 4.77. The number of rotatable bonds is 3. The van der Waals surface area contributed by atoms with Crippen LogP contribution >= 0.6 is 0 Å². The molecule has 3 aromatic carbocycles. The number of methoxy groups -OCH3 is 1. The number of phenolic OH excluding ortho intramolecular Hbond substituents is 1. The summed E-state index contributed by atoms with van der Waals surface area (Å²) in [6.45, 7) is 2.00. The molecule has 0 radical (unpaired) electrons. The van der Waals surface area contributed by atoms with Gasteiger partial charge in [0.25, 0.3) is 5.91 Å². The molecular formula is C22H20N2O3. The van der Waals surface area contributed by atoms with Crippen molar-refractivity contribution in [1.82, 2.24) is 0 Å². The first kappa shape index (κ1) is 17.0. The minimum atomic E-state index is -0.541. The molecule has 0 aromatic heterocycles. The topological polar surface area (TPSA) is 61.8 Å². The first-order valence-corrected chi connectivity index (χ1v) is 8.71. The quantitative estimate of drug-likeness (QED) is 0.723. The van der Waals surface area contributed by atoms with Crippen LogP contribution in [0.1, 0.15) is 27.7 Å². The Morgan fingerprint density at radius 3 is 2.48 bits per heavy atom. The number of phenols is 1. The summed E-state index contributed by atoms with van der Waals surface area (Å²) in [5.74, 6) is 0.505. The Bertz CT molecular complexity index is 999. The minimum Gasteiger partial charge on any atom is -0.507 e. The average molecular weight is 360 g/mol. The van der Waals surface area contributed by atoms with Gasteiger partial charge in [0.1, 0.15) is 17.7 Å². The van der Waals surface area contributed by atoms with Gasteiger partial charge in [0.15, 0.2) is 0 Å². The van der Waals surface area contributed by atoms with Crippen LogP contribution in [0.25, 0.3) is 0 Å². The SMILES string of the molecule is COc1ccc([C@@H]2Nc3ccccc3C(=O)N2c2ccc(C)cc2)c(O)c1. The number of nitrogens with one attached hydrogen (secondary N) is 1. The largest absolute Gasteiger partial charge is 0.507 e. The second-order valence-electron chi connectivity index (χ2n) is 6.53. The molecule has 1 aliphatic heterocycles. The first-order chi connectivity index (χ1) is 13.1. The molecule has 0 aliphatic carbocycles. The van der Waals surface area contributed by atoms with Gasteiger partial charge < -0.3 is 15.2 Å². The summed E-state index contributed by atoms with van der Waals surface area (Å²) in [5.41, 5.74) is 3.81. The highest BCUT2D eigenvalue weighted by atomic mass is 16.5. The van der Waals surface area contributed by atoms with Crippen LogP contribution in [0, 0.1) is 6.92 Å². The number of ether oxygens (including phenoxy) is 1. The van der Waals surface area contributed by atoms with Crippen molar-refractivity contribution >= 4 is 17.3 Å². The third kappa shape index (κ3) is 2.97. The standard InChI is InChI=1S/C22H20N2O3/c1-14-7-9-15(10-8-14)24-21(18-12-11-16(27-2)13-20(18)25)23-19-6-4-3-5-17(19)22(24)26/h3-13,21,23,25H,1-2H3/t21-/m1/s1. The van der Waals surface area contributed by atoms with E-state index in [0.29, 0.717) is 16.9 Å². The number of amides is 1. The van der Waals surface area contributed by atoms with Crippen molar-refractivity contribution in [3.05, 3.63) is 83.4 Å². The molecule has 1 atom stereocenters. The number of benzene rings is 3. The maximum Gasteiger partial charge on any atom is 0.262 e. The molecule has 5 heteroatoms. The Kier molecular flexibility index (Phi) is 4.20. The minimum absolute atomic E-state index is 0.0659. The summed E-state index contributed by atoms with van der Waals surface area (Å²) in [6.07, 6.45) is -0.541. The highest BCUT2D eigenvalue weighted by molar-refractivity contribution is 6.12. The monoisotopic (exact) mass is 360 g/mol. The molecule has 1 amide bonds. The number of fused-ring (bicyclic) bond motifs is 1. The van der Waals surface area contributed by atoms with Crippen molar-refractivity contribution in [2.75, 3.05) is 17.3 Å². The molecule has 0 saturated heterocycles. The molecule has 0 fully saturated rings. The summed E-state index contributed by atoms with van der Waals surface area (Å²) < 4.78 is 5.18. The number of para-hydroxylation sites is 1. The zero-order valence-corrected chi connectivity index (χ0v) is 15.1. The number of carbonyl (C=O) groups excluding carboxylic acids is 1. The van der Waals surface area contributed by atoms with Crippen LogP contribution in [-0.4, -0.2) is 18.1 Å². The van der Waals surface area contributed by atoms with E-state index >= 15 is 0 Å². The number of aryl methyl sites for hydroxylation is 1. The van der Waals surface area contributed by atoms with Crippen molar-refractivity contribution < 1.29 is 14.6 Å². The van der Waals surface area contributed by atoms with Gasteiger partial charge >= 0.3 is 0 Å². The summed E-state index contributed by atoms with van der Waals surface area (Å²) >= 11 is 0. The molecule has 1 heterocycles. The van der Waals surface area contributed by atoms with Gasteiger partial charge in [-0.25, -0.2) is 0 Å². The molecule has 0 saturated carbocycles. The Morgan fingerprint density at radius 1 is 1.04 bits per heavy atom. The number of hydrogen-bond acceptors (Lipinski definition) is 4. The summed E-state index contributed by atoms with van der Waals surface area (Å²) in [4.78, 5) is 15.0. The molecule has 3 aromatic rings. The van der Waals surface area contributed by atoms with Crippen molar-refractivity contribution in [1.29, 1.82) is 0 Å². The first-order valence-electron chi connectivity index (χ1n) is 8.71. The normalized spacial score (nSPS) is 15.9. The number of aromatic hydroxyl groups is 1. The molecular weight excluding hydrogens is 340 g/mol. The lowest BCUT2D eigenvalue weighted by atomic mass is 10.0. The summed E-state index contributed by atoms with van der Waals surface area (Å²) in [7, 11) is 1.55. The Morgan fingerprint density at radius 2 is 1.78 bits per heavy atom. The second kappa shape index (κ2) is 6.68. The van der Waals surface area contributed by atoms with Crippen molar-refractivity contribution in [2.24, 2.45) is 0 Å². The van der Waals surface area contributed by atoms with E-state index in [9.17, 15) is 9.90 Å². The smallest absolute Gasteiger partial charge is 0.262 e. The van der Waals surface area contributed by atoms with Gasteiger partial charge in [-0.05, 0) is 43.3 Å². The van der Waals surface area contributed by atoms with E-state index in [4.69, 9.17) is 4.74 Å². The zero-order valence-electron chi connectivity index (χ0n) is 15.1. The van der Waals surface area contributed by atoms with Gasteiger partial charge in [-0.3, -0.25) is 9.69 Å². The van der Waals surface area contributed by atoms with E-state index in [-0.39, 0.29) is 11.7 Å². The average Bonchev–Trinajstić information content (AvgIpc) is 2.69. The van der Waals surface area contributed by atoms with Crippen LogP contribution in [0.2, 0.25) is 0 Å². The lowest BCUT2D eigenvalue weighted by Gasteiger charge is -2.38. The van der Waals surface area contributed by atoms with Crippen molar-refractivity contribution in [3.8, 4) is 11.5 Å². The van der Waals surface area contributed by atoms with E-state index in [1.165, 1.54) is 0 Å². The molecule has 0 spiro atoms. The fourth-order valence-corrected chi connectivity index (χ4v) is 3.32. The van der Waals surface area contributed by atoms with Gasteiger partial charge in [-0.1, -0.05) is 29.8 Å². The molecule has 27 heavy (non-hydrogen) atoms. The number of carbonyl (C=O) groups is 1. The van der Waals surface area contributed by atoms with Crippen LogP contribution in [-0.2, 0) is 0 Å². The second-order valence-corrected chi connectivity index (χ2v) is 6.53. The lowest BCUT2D eigenvalue weighted by Crippen LogP contribution is -2.43. The molecule has 5 nitrogen and oxygen atoms in total. The van der Waals surface area contributed by atoms with E-state index < -0.39 is 6.17 Å². The predicted molar refractivity (Wildman–Crippen MR) is 105 cm³/mol. The van der Waals surface area contributed by atoms with E-state index in [1.807, 2.05) is 49.4 Å². The van der Waals surface area contributed by atoms with Crippen LogP contribution < -0.4 is 15.0 Å².